The van der Waals surface area contributed by atoms with Crippen LogP contribution in [0, 0.1) is 5.82 Å². The van der Waals surface area contributed by atoms with Gasteiger partial charge in [0.2, 0.25) is 0 Å². The highest BCUT2D eigenvalue weighted by Gasteiger charge is 2.18. The van der Waals surface area contributed by atoms with Crippen LogP contribution in [-0.2, 0) is 0 Å². The van der Waals surface area contributed by atoms with Crippen LogP contribution in [0.25, 0.3) is 0 Å². The Morgan fingerprint density at radius 1 is 1.29 bits per heavy atom. The van der Waals surface area contributed by atoms with E-state index in [0.29, 0.717) is 18.7 Å². The molecule has 1 aromatic rings. The van der Waals surface area contributed by atoms with E-state index in [9.17, 15) is 4.39 Å². The number of hydrogen-bond acceptors (Lipinski definition) is 3. The van der Waals surface area contributed by atoms with Gasteiger partial charge in [-0.2, -0.15) is 0 Å². The Bertz CT molecular complexity index is 402. The number of halogens is 1. The van der Waals surface area contributed by atoms with E-state index in [-0.39, 0.29) is 5.82 Å². The summed E-state index contributed by atoms with van der Waals surface area (Å²) in [6.07, 6.45) is 3.89. The first-order valence-corrected chi connectivity index (χ1v) is 8.01. The van der Waals surface area contributed by atoms with Crippen molar-refractivity contribution in [3.63, 3.8) is 0 Å². The van der Waals surface area contributed by atoms with Gasteiger partial charge in [-0.3, -0.25) is 4.90 Å². The van der Waals surface area contributed by atoms with Crippen LogP contribution in [0.15, 0.2) is 24.3 Å². The topological polar surface area (TPSA) is 24.5 Å². The van der Waals surface area contributed by atoms with E-state index in [0.717, 1.165) is 25.4 Å². The van der Waals surface area contributed by atoms with Crippen molar-refractivity contribution in [3.05, 3.63) is 30.1 Å². The highest BCUT2D eigenvalue weighted by atomic mass is 19.1. The van der Waals surface area contributed by atoms with Crippen molar-refractivity contribution in [2.24, 2.45) is 0 Å². The van der Waals surface area contributed by atoms with Gasteiger partial charge in [-0.1, -0.05) is 6.42 Å². The Hall–Kier alpha value is -1.13. The lowest BCUT2D eigenvalue weighted by atomic mass is 10.0. The van der Waals surface area contributed by atoms with E-state index < -0.39 is 0 Å². The number of benzene rings is 1. The maximum absolute atomic E-state index is 12.8. The normalized spacial score (nSPS) is 19.2. The molecule has 4 heteroatoms. The van der Waals surface area contributed by atoms with Crippen LogP contribution in [0.4, 0.5) is 4.39 Å². The second kappa shape index (κ2) is 8.35. The van der Waals surface area contributed by atoms with Crippen LogP contribution in [0.1, 0.15) is 33.1 Å². The quantitative estimate of drug-likeness (QED) is 0.836. The number of hydrogen-bond donors (Lipinski definition) is 1. The van der Waals surface area contributed by atoms with Crippen molar-refractivity contribution in [3.8, 4) is 5.75 Å². The molecule has 3 nitrogen and oxygen atoms in total. The fraction of sp³-hybridized carbons (Fsp3) is 0.647. The van der Waals surface area contributed by atoms with Gasteiger partial charge in [-0.15, -0.1) is 0 Å². The summed E-state index contributed by atoms with van der Waals surface area (Å²) in [7, 11) is 0. The van der Waals surface area contributed by atoms with Crippen molar-refractivity contribution in [1.82, 2.24) is 10.2 Å². The smallest absolute Gasteiger partial charge is 0.123 e. The van der Waals surface area contributed by atoms with Crippen LogP contribution < -0.4 is 10.1 Å². The van der Waals surface area contributed by atoms with Crippen LogP contribution in [0.2, 0.25) is 0 Å². The third-order valence-corrected chi connectivity index (χ3v) is 4.06. The average Bonchev–Trinajstić information content (AvgIpc) is 2.49. The Balaban J connectivity index is 1.75. The predicted octanol–water partition coefficient (Wildman–Crippen LogP) is 3.06. The van der Waals surface area contributed by atoms with Gasteiger partial charge in [0, 0.05) is 25.2 Å². The molecule has 0 spiro atoms. The fourth-order valence-electron chi connectivity index (χ4n) is 2.73. The zero-order valence-corrected chi connectivity index (χ0v) is 13.1. The average molecular weight is 294 g/mol. The summed E-state index contributed by atoms with van der Waals surface area (Å²) >= 11 is 0. The summed E-state index contributed by atoms with van der Waals surface area (Å²) in [5.41, 5.74) is 0. The molecule has 1 saturated heterocycles. The minimum Gasteiger partial charge on any atom is -0.492 e. The SMILES string of the molecule is CC(C)N(CCOc1ccc(F)cc1)CC1CCCCN1. The van der Waals surface area contributed by atoms with Crippen molar-refractivity contribution in [2.75, 3.05) is 26.2 Å². The fourth-order valence-corrected chi connectivity index (χ4v) is 2.73. The Kier molecular flexibility index (Phi) is 6.46. The second-order valence-electron chi connectivity index (χ2n) is 6.04. The van der Waals surface area contributed by atoms with Gasteiger partial charge in [-0.25, -0.2) is 4.39 Å². The Labute approximate surface area is 127 Å². The first kappa shape index (κ1) is 16.2. The molecule has 21 heavy (non-hydrogen) atoms. The van der Waals surface area contributed by atoms with Gasteiger partial charge in [0.05, 0.1) is 0 Å². The van der Waals surface area contributed by atoms with Crippen LogP contribution in [0.5, 0.6) is 5.75 Å². The molecule has 0 bridgehead atoms. The predicted molar refractivity (Wildman–Crippen MR) is 84.2 cm³/mol. The molecule has 0 aromatic heterocycles. The van der Waals surface area contributed by atoms with E-state index in [1.54, 1.807) is 12.1 Å². The molecule has 118 valence electrons. The molecule has 1 aromatic carbocycles. The molecule has 1 unspecified atom stereocenters. The summed E-state index contributed by atoms with van der Waals surface area (Å²) in [5, 5.41) is 3.59. The van der Waals surface area contributed by atoms with E-state index in [1.165, 1.54) is 31.4 Å². The van der Waals surface area contributed by atoms with E-state index in [4.69, 9.17) is 4.74 Å². The van der Waals surface area contributed by atoms with Gasteiger partial charge in [-0.05, 0) is 57.5 Å². The number of nitrogens with one attached hydrogen (secondary N) is 1. The number of nitrogens with zero attached hydrogens (tertiary/aromatic N) is 1. The molecule has 1 atom stereocenters. The molecule has 0 aliphatic carbocycles. The van der Waals surface area contributed by atoms with E-state index in [2.05, 4.69) is 24.1 Å². The number of rotatable bonds is 7. The lowest BCUT2D eigenvalue weighted by Crippen LogP contribution is -2.47. The Morgan fingerprint density at radius 2 is 2.05 bits per heavy atom. The Morgan fingerprint density at radius 3 is 2.67 bits per heavy atom. The molecule has 1 N–H and O–H groups in total. The third-order valence-electron chi connectivity index (χ3n) is 4.06. The lowest BCUT2D eigenvalue weighted by molar-refractivity contribution is 0.153. The van der Waals surface area contributed by atoms with Crippen LogP contribution in [0.3, 0.4) is 0 Å². The zero-order chi connectivity index (χ0) is 15.1. The molecule has 0 saturated carbocycles. The summed E-state index contributed by atoms with van der Waals surface area (Å²) in [5.74, 6) is 0.505. The molecule has 1 aliphatic heterocycles. The van der Waals surface area contributed by atoms with Crippen LogP contribution >= 0.6 is 0 Å². The minimum absolute atomic E-state index is 0.227. The van der Waals surface area contributed by atoms with E-state index >= 15 is 0 Å². The minimum atomic E-state index is -0.227. The molecule has 1 fully saturated rings. The highest BCUT2D eigenvalue weighted by molar-refractivity contribution is 5.21. The van der Waals surface area contributed by atoms with Crippen LogP contribution in [-0.4, -0.2) is 43.2 Å². The third kappa shape index (κ3) is 5.64. The van der Waals surface area contributed by atoms with Gasteiger partial charge in [0.15, 0.2) is 0 Å². The number of piperidine rings is 1. The van der Waals surface area contributed by atoms with Gasteiger partial charge >= 0.3 is 0 Å². The van der Waals surface area contributed by atoms with Crippen molar-refractivity contribution >= 4 is 0 Å². The molecular formula is C17H27FN2O. The molecule has 2 rings (SSSR count). The van der Waals surface area contributed by atoms with Gasteiger partial charge < -0.3 is 10.1 Å². The largest absolute Gasteiger partial charge is 0.492 e. The maximum atomic E-state index is 12.8. The maximum Gasteiger partial charge on any atom is 0.123 e. The number of ether oxygens (including phenoxy) is 1. The second-order valence-corrected chi connectivity index (χ2v) is 6.04. The zero-order valence-electron chi connectivity index (χ0n) is 13.1. The van der Waals surface area contributed by atoms with Gasteiger partial charge in [0.1, 0.15) is 18.2 Å². The monoisotopic (exact) mass is 294 g/mol. The van der Waals surface area contributed by atoms with Crippen molar-refractivity contribution < 1.29 is 9.13 Å². The molecular weight excluding hydrogens is 267 g/mol. The standard InChI is InChI=1S/C17H27FN2O/c1-14(2)20(13-16-5-3-4-10-19-16)11-12-21-17-8-6-15(18)7-9-17/h6-9,14,16,19H,3-5,10-13H2,1-2H3. The van der Waals surface area contributed by atoms with Crippen molar-refractivity contribution in [1.29, 1.82) is 0 Å². The summed E-state index contributed by atoms with van der Waals surface area (Å²) in [4.78, 5) is 2.45. The lowest BCUT2D eigenvalue weighted by Gasteiger charge is -2.33. The molecule has 0 radical (unpaired) electrons. The summed E-state index contributed by atoms with van der Waals surface area (Å²) in [6.45, 7) is 8.19. The first-order chi connectivity index (χ1) is 10.1. The molecule has 0 amide bonds. The summed E-state index contributed by atoms with van der Waals surface area (Å²) in [6, 6.07) is 7.33. The first-order valence-electron chi connectivity index (χ1n) is 8.01. The summed E-state index contributed by atoms with van der Waals surface area (Å²) < 4.78 is 18.5. The van der Waals surface area contributed by atoms with E-state index in [1.807, 2.05) is 0 Å². The van der Waals surface area contributed by atoms with Crippen molar-refractivity contribution in [2.45, 2.75) is 45.2 Å². The van der Waals surface area contributed by atoms with Gasteiger partial charge in [0.25, 0.3) is 0 Å². The molecule has 1 heterocycles. The molecule has 1 aliphatic rings. The highest BCUT2D eigenvalue weighted by Crippen LogP contribution is 2.13.